The molecule has 1 aliphatic heterocycles. The smallest absolute Gasteiger partial charge is 0.311 e. The topological polar surface area (TPSA) is 152 Å². The minimum Gasteiger partial charge on any atom is -0.481 e. The van der Waals surface area contributed by atoms with Gasteiger partial charge in [0.25, 0.3) is 5.91 Å². The van der Waals surface area contributed by atoms with Crippen molar-refractivity contribution in [3.8, 4) is 0 Å². The standard InChI is InChI=1S/C41H55N5O6S/c1-6-26(4)36(44-38(49)33-18-12-13-19-45(33)5)40(50)46(23-27-14-8-7-9-15-27)34(25(2)3)22-35(47)39-43-32(24-53-39)37(48)42-29-20-28-16-10-11-17-30(28)31(21-29)41(51)52/h7-11,14-17,24-26,29,31,33-36,47H,6,12-13,18-23H2,1-5H3,(H,42,48)(H,44,49)(H,51,52)/t26?,29-,31+,33?,34+,35+,36?/m0/s1. The second kappa shape index (κ2) is 18.3. The van der Waals surface area contributed by atoms with Crippen molar-refractivity contribution in [1.82, 2.24) is 25.4 Å². The number of carbonyl (C=O) groups excluding carboxylic acids is 3. The highest BCUT2D eigenvalue weighted by molar-refractivity contribution is 7.09. The van der Waals surface area contributed by atoms with Gasteiger partial charge in [0.15, 0.2) is 0 Å². The van der Waals surface area contributed by atoms with Crippen molar-refractivity contribution in [1.29, 1.82) is 0 Å². The lowest BCUT2D eigenvalue weighted by atomic mass is 9.80. The number of nitrogens with one attached hydrogen (secondary N) is 2. The highest BCUT2D eigenvalue weighted by atomic mass is 32.1. The number of carboxylic acids is 1. The molecule has 5 rings (SSSR count). The maximum absolute atomic E-state index is 14.7. The molecule has 12 heteroatoms. The number of aliphatic hydroxyl groups is 1. The van der Waals surface area contributed by atoms with Crippen LogP contribution in [0.25, 0.3) is 0 Å². The molecule has 2 aromatic carbocycles. The third kappa shape index (κ3) is 9.90. The summed E-state index contributed by atoms with van der Waals surface area (Å²) >= 11 is 1.18. The molecule has 1 aromatic heterocycles. The Morgan fingerprint density at radius 1 is 1.04 bits per heavy atom. The molecule has 7 atom stereocenters. The lowest BCUT2D eigenvalue weighted by Crippen LogP contribution is -2.58. The van der Waals surface area contributed by atoms with Crippen LogP contribution in [0.5, 0.6) is 0 Å². The summed E-state index contributed by atoms with van der Waals surface area (Å²) in [6.45, 7) is 9.18. The fourth-order valence-corrected chi connectivity index (χ4v) is 8.51. The van der Waals surface area contributed by atoms with Crippen molar-refractivity contribution in [2.24, 2.45) is 11.8 Å². The number of aliphatic hydroxyl groups excluding tert-OH is 1. The zero-order valence-electron chi connectivity index (χ0n) is 31.5. The van der Waals surface area contributed by atoms with Gasteiger partial charge in [-0.05, 0) is 67.8 Å². The van der Waals surface area contributed by atoms with Gasteiger partial charge in [0.1, 0.15) is 22.8 Å². The number of likely N-dealkylation sites (tertiary alicyclic amines) is 1. The molecule has 3 amide bonds. The van der Waals surface area contributed by atoms with Crippen LogP contribution in [0.3, 0.4) is 0 Å². The number of hydrogen-bond acceptors (Lipinski definition) is 8. The fraction of sp³-hybridized carbons (Fsp3) is 0.537. The third-order valence-corrected chi connectivity index (χ3v) is 12.0. The van der Waals surface area contributed by atoms with E-state index in [1.807, 2.05) is 94.2 Å². The first-order chi connectivity index (χ1) is 25.4. The molecule has 4 N–H and O–H groups in total. The summed E-state index contributed by atoms with van der Waals surface area (Å²) in [7, 11) is 1.96. The Balaban J connectivity index is 1.34. The highest BCUT2D eigenvalue weighted by Gasteiger charge is 2.38. The zero-order chi connectivity index (χ0) is 38.2. The van der Waals surface area contributed by atoms with Gasteiger partial charge in [-0.1, -0.05) is 95.1 Å². The number of fused-ring (bicyclic) bond motifs is 1. The Bertz CT molecular complexity index is 1720. The molecule has 0 bridgehead atoms. The number of carboxylic acid groups (broad SMARTS) is 1. The molecular formula is C41H55N5O6S. The predicted octanol–water partition coefficient (Wildman–Crippen LogP) is 5.55. The minimum atomic E-state index is -1.06. The Hall–Kier alpha value is -4.13. The SMILES string of the molecule is CCC(C)C(NC(=O)C1CCCCN1C)C(=O)N(Cc1ccccc1)[C@H](C[C@@H](O)c1nc(C(=O)N[C@H]2Cc3ccccc3[C@H](C(=O)O)C2)cs1)C(C)C. The number of nitrogens with zero attached hydrogens (tertiary/aromatic N) is 3. The summed E-state index contributed by atoms with van der Waals surface area (Å²) < 4.78 is 0. The van der Waals surface area contributed by atoms with Crippen LogP contribution in [-0.4, -0.2) is 86.4 Å². The minimum absolute atomic E-state index is 0.0610. The number of aromatic nitrogens is 1. The second-order valence-corrected chi connectivity index (χ2v) is 16.0. The molecule has 286 valence electrons. The molecule has 1 aliphatic carbocycles. The van der Waals surface area contributed by atoms with Crippen molar-refractivity contribution in [3.05, 3.63) is 87.4 Å². The molecule has 0 saturated carbocycles. The first kappa shape index (κ1) is 40.1. The number of piperidine rings is 1. The lowest BCUT2D eigenvalue weighted by Gasteiger charge is -2.40. The summed E-state index contributed by atoms with van der Waals surface area (Å²) in [5.41, 5.74) is 2.77. The van der Waals surface area contributed by atoms with Gasteiger partial charge in [-0.15, -0.1) is 11.3 Å². The molecule has 11 nitrogen and oxygen atoms in total. The quantitative estimate of drug-likeness (QED) is 0.158. The average molecular weight is 746 g/mol. The van der Waals surface area contributed by atoms with Gasteiger partial charge in [-0.3, -0.25) is 24.1 Å². The number of amides is 3. The summed E-state index contributed by atoms with van der Waals surface area (Å²) in [5.74, 6) is -2.57. The summed E-state index contributed by atoms with van der Waals surface area (Å²) in [4.78, 5) is 62.2. The van der Waals surface area contributed by atoms with Gasteiger partial charge >= 0.3 is 5.97 Å². The van der Waals surface area contributed by atoms with Crippen LogP contribution in [0.2, 0.25) is 0 Å². The van der Waals surface area contributed by atoms with E-state index in [1.54, 1.807) is 5.38 Å². The molecular weight excluding hydrogens is 691 g/mol. The van der Waals surface area contributed by atoms with E-state index in [0.29, 0.717) is 24.4 Å². The van der Waals surface area contributed by atoms with E-state index in [9.17, 15) is 29.4 Å². The normalized spacial score (nSPS) is 21.2. The van der Waals surface area contributed by atoms with E-state index in [2.05, 4.69) is 20.5 Å². The van der Waals surface area contributed by atoms with Gasteiger partial charge in [0.05, 0.1) is 12.0 Å². The molecule has 2 aliphatic rings. The monoisotopic (exact) mass is 745 g/mol. The largest absolute Gasteiger partial charge is 0.481 e. The lowest BCUT2D eigenvalue weighted by molar-refractivity contribution is -0.143. The fourth-order valence-electron chi connectivity index (χ4n) is 7.71. The van der Waals surface area contributed by atoms with Crippen molar-refractivity contribution in [2.75, 3.05) is 13.6 Å². The van der Waals surface area contributed by atoms with E-state index in [-0.39, 0.29) is 54.3 Å². The Kier molecular flexibility index (Phi) is 13.8. The average Bonchev–Trinajstić information content (AvgIpc) is 3.66. The summed E-state index contributed by atoms with van der Waals surface area (Å²) in [5, 5.41) is 29.6. The van der Waals surface area contributed by atoms with Crippen molar-refractivity contribution < 1.29 is 29.4 Å². The van der Waals surface area contributed by atoms with Gasteiger partial charge in [-0.2, -0.15) is 0 Å². The summed E-state index contributed by atoms with van der Waals surface area (Å²) in [6.07, 6.45) is 3.37. The molecule has 3 aromatic rings. The second-order valence-electron chi connectivity index (χ2n) is 15.1. The Morgan fingerprint density at radius 2 is 1.75 bits per heavy atom. The van der Waals surface area contributed by atoms with E-state index < -0.39 is 36.0 Å². The zero-order valence-corrected chi connectivity index (χ0v) is 32.4. The van der Waals surface area contributed by atoms with Crippen molar-refractivity contribution in [2.45, 2.75) is 115 Å². The molecule has 53 heavy (non-hydrogen) atoms. The van der Waals surface area contributed by atoms with Gasteiger partial charge in [0.2, 0.25) is 11.8 Å². The van der Waals surface area contributed by atoms with Crippen LogP contribution in [0.4, 0.5) is 0 Å². The number of carbonyl (C=O) groups is 4. The van der Waals surface area contributed by atoms with E-state index in [0.717, 1.165) is 42.5 Å². The van der Waals surface area contributed by atoms with Crippen molar-refractivity contribution >= 4 is 35.0 Å². The number of likely N-dealkylation sites (N-methyl/N-ethyl adjacent to an activating group) is 1. The number of aliphatic carboxylic acids is 1. The van der Waals surface area contributed by atoms with Crippen LogP contribution < -0.4 is 10.6 Å². The van der Waals surface area contributed by atoms with Crippen LogP contribution >= 0.6 is 11.3 Å². The molecule has 0 spiro atoms. The van der Waals surface area contributed by atoms with Crippen LogP contribution in [0.1, 0.15) is 110 Å². The van der Waals surface area contributed by atoms with E-state index >= 15 is 0 Å². The van der Waals surface area contributed by atoms with Gasteiger partial charge in [-0.25, -0.2) is 4.98 Å². The number of hydrogen-bond donors (Lipinski definition) is 4. The van der Waals surface area contributed by atoms with E-state index in [4.69, 9.17) is 0 Å². The first-order valence-corrected chi connectivity index (χ1v) is 19.9. The Morgan fingerprint density at radius 3 is 2.43 bits per heavy atom. The number of benzene rings is 2. The first-order valence-electron chi connectivity index (χ1n) is 19.0. The molecule has 0 radical (unpaired) electrons. The Labute approximate surface area is 317 Å². The molecule has 2 heterocycles. The number of rotatable bonds is 15. The summed E-state index contributed by atoms with van der Waals surface area (Å²) in [6, 6.07) is 15.3. The van der Waals surface area contributed by atoms with E-state index in [1.165, 1.54) is 11.3 Å². The van der Waals surface area contributed by atoms with Crippen LogP contribution in [0, 0.1) is 11.8 Å². The molecule has 1 saturated heterocycles. The third-order valence-electron chi connectivity index (χ3n) is 11.1. The van der Waals surface area contributed by atoms with Crippen LogP contribution in [0.15, 0.2) is 60.0 Å². The van der Waals surface area contributed by atoms with Crippen molar-refractivity contribution in [3.63, 3.8) is 0 Å². The molecule has 1 fully saturated rings. The number of thiazole rings is 1. The maximum Gasteiger partial charge on any atom is 0.311 e. The van der Waals surface area contributed by atoms with Gasteiger partial charge in [0, 0.05) is 30.4 Å². The van der Waals surface area contributed by atoms with Crippen LogP contribution in [-0.2, 0) is 27.3 Å². The predicted molar refractivity (Wildman–Crippen MR) is 205 cm³/mol. The van der Waals surface area contributed by atoms with Gasteiger partial charge < -0.3 is 25.7 Å². The maximum atomic E-state index is 14.7. The molecule has 3 unspecified atom stereocenters. The highest BCUT2D eigenvalue weighted by Crippen LogP contribution is 2.33.